The van der Waals surface area contributed by atoms with Crippen LogP contribution in [-0.2, 0) is 20.7 Å². The molecule has 0 spiro atoms. The average Bonchev–Trinajstić information content (AvgIpc) is 2.44. The van der Waals surface area contributed by atoms with E-state index in [-0.39, 0.29) is 5.92 Å². The molecule has 0 saturated carbocycles. The van der Waals surface area contributed by atoms with Gasteiger partial charge in [-0.1, -0.05) is 44.2 Å². The van der Waals surface area contributed by atoms with Crippen LogP contribution in [0.2, 0.25) is 0 Å². The Balaban J connectivity index is 2.69. The number of rotatable bonds is 6. The molecule has 1 aromatic rings. The minimum Gasteiger partial charge on any atom is -0.464 e. The molecule has 0 saturated heterocycles. The molecule has 0 bridgehead atoms. The van der Waals surface area contributed by atoms with E-state index in [0.29, 0.717) is 13.0 Å². The van der Waals surface area contributed by atoms with Crippen molar-refractivity contribution < 1.29 is 19.1 Å². The Labute approximate surface area is 119 Å². The number of methoxy groups -OCH3 is 1. The Hall–Kier alpha value is -2.04. The first kappa shape index (κ1) is 16.0. The molecular weight excluding hydrogens is 258 g/mol. The van der Waals surface area contributed by atoms with Crippen LogP contribution in [0.5, 0.6) is 0 Å². The van der Waals surface area contributed by atoms with E-state index < -0.39 is 18.1 Å². The Morgan fingerprint density at radius 2 is 1.85 bits per heavy atom. The molecule has 1 rings (SSSR count). The average molecular weight is 279 g/mol. The Morgan fingerprint density at radius 3 is 2.40 bits per heavy atom. The number of hydrogen-bond acceptors (Lipinski definition) is 4. The number of ether oxygens (including phenoxy) is 2. The number of alkyl carbamates (subject to hydrolysis) is 1. The summed E-state index contributed by atoms with van der Waals surface area (Å²) in [6.07, 6.45) is -0.278. The maximum atomic E-state index is 12.0. The van der Waals surface area contributed by atoms with Crippen molar-refractivity contribution in [2.75, 3.05) is 13.7 Å². The summed E-state index contributed by atoms with van der Waals surface area (Å²) in [6.45, 7) is 4.23. The lowest BCUT2D eigenvalue weighted by Gasteiger charge is -2.17. The van der Waals surface area contributed by atoms with Gasteiger partial charge in [-0.15, -0.1) is 0 Å². The minimum absolute atomic E-state index is 0.245. The first-order chi connectivity index (χ1) is 9.52. The number of esters is 1. The Morgan fingerprint density at radius 1 is 1.20 bits per heavy atom. The van der Waals surface area contributed by atoms with E-state index in [0.717, 1.165) is 5.56 Å². The summed E-state index contributed by atoms with van der Waals surface area (Å²) in [4.78, 5) is 23.3. The highest BCUT2D eigenvalue weighted by Gasteiger charge is 2.23. The van der Waals surface area contributed by atoms with Gasteiger partial charge in [-0.05, 0) is 11.5 Å². The lowest BCUT2D eigenvalue weighted by atomic mass is 10.1. The molecule has 1 amide bonds. The molecule has 0 fully saturated rings. The Kier molecular flexibility index (Phi) is 6.56. The fraction of sp³-hybridized carbons (Fsp3) is 0.467. The summed E-state index contributed by atoms with van der Waals surface area (Å²) in [7, 11) is 1.26. The highest BCUT2D eigenvalue weighted by molar-refractivity contribution is 5.81. The second kappa shape index (κ2) is 8.19. The van der Waals surface area contributed by atoms with Crippen molar-refractivity contribution in [3.05, 3.63) is 35.9 Å². The second-order valence-corrected chi connectivity index (χ2v) is 4.90. The van der Waals surface area contributed by atoms with Crippen LogP contribution in [0.3, 0.4) is 0 Å². The molecule has 5 nitrogen and oxygen atoms in total. The molecule has 0 aromatic heterocycles. The van der Waals surface area contributed by atoms with E-state index in [1.54, 1.807) is 0 Å². The van der Waals surface area contributed by atoms with Gasteiger partial charge in [0.05, 0.1) is 13.7 Å². The van der Waals surface area contributed by atoms with Crippen LogP contribution >= 0.6 is 0 Å². The highest BCUT2D eigenvalue weighted by Crippen LogP contribution is 2.06. The lowest BCUT2D eigenvalue weighted by Crippen LogP contribution is -2.43. The van der Waals surface area contributed by atoms with Crippen LogP contribution in [0.4, 0.5) is 4.79 Å². The van der Waals surface area contributed by atoms with Crippen LogP contribution in [0, 0.1) is 5.92 Å². The third kappa shape index (κ3) is 5.73. The van der Waals surface area contributed by atoms with Gasteiger partial charge in [0, 0.05) is 6.42 Å². The van der Waals surface area contributed by atoms with E-state index in [1.165, 1.54) is 7.11 Å². The number of benzene rings is 1. The quantitative estimate of drug-likeness (QED) is 0.810. The third-order valence-corrected chi connectivity index (χ3v) is 2.60. The van der Waals surface area contributed by atoms with Crippen LogP contribution in [0.25, 0.3) is 0 Å². The highest BCUT2D eigenvalue weighted by atomic mass is 16.5. The number of hydrogen-bond donors (Lipinski definition) is 1. The van der Waals surface area contributed by atoms with Crippen LogP contribution in [0.1, 0.15) is 19.4 Å². The van der Waals surface area contributed by atoms with Gasteiger partial charge in [0.2, 0.25) is 0 Å². The third-order valence-electron chi connectivity index (χ3n) is 2.60. The van der Waals surface area contributed by atoms with Crippen molar-refractivity contribution in [1.82, 2.24) is 5.32 Å². The zero-order valence-electron chi connectivity index (χ0n) is 12.1. The summed E-state index contributed by atoms with van der Waals surface area (Å²) in [5.41, 5.74) is 0.940. The van der Waals surface area contributed by atoms with Crippen LogP contribution < -0.4 is 5.32 Å². The molecule has 1 unspecified atom stereocenters. The van der Waals surface area contributed by atoms with Crippen molar-refractivity contribution in [3.8, 4) is 0 Å². The molecule has 0 aliphatic rings. The van der Waals surface area contributed by atoms with Gasteiger partial charge in [0.15, 0.2) is 0 Å². The SMILES string of the molecule is COC(=O)NC(Cc1ccccc1)C(=O)OCC(C)C. The monoisotopic (exact) mass is 279 g/mol. The Bertz CT molecular complexity index is 431. The standard InChI is InChI=1S/C15H21NO4/c1-11(2)10-20-14(17)13(16-15(18)19-3)9-12-7-5-4-6-8-12/h4-8,11,13H,9-10H2,1-3H3,(H,16,18). The van der Waals surface area contributed by atoms with E-state index in [1.807, 2.05) is 44.2 Å². The van der Waals surface area contributed by atoms with Crippen molar-refractivity contribution in [1.29, 1.82) is 0 Å². The molecular formula is C15H21NO4. The van der Waals surface area contributed by atoms with Gasteiger partial charge in [-0.2, -0.15) is 0 Å². The first-order valence-electron chi connectivity index (χ1n) is 6.58. The second-order valence-electron chi connectivity index (χ2n) is 4.90. The molecule has 0 aliphatic heterocycles. The molecule has 0 radical (unpaired) electrons. The maximum Gasteiger partial charge on any atom is 0.407 e. The lowest BCUT2D eigenvalue weighted by molar-refractivity contribution is -0.147. The van der Waals surface area contributed by atoms with Gasteiger partial charge >= 0.3 is 12.1 Å². The molecule has 20 heavy (non-hydrogen) atoms. The van der Waals surface area contributed by atoms with Gasteiger partial charge in [-0.3, -0.25) is 0 Å². The van der Waals surface area contributed by atoms with E-state index >= 15 is 0 Å². The zero-order valence-corrected chi connectivity index (χ0v) is 12.1. The fourth-order valence-electron chi connectivity index (χ4n) is 1.59. The summed E-state index contributed by atoms with van der Waals surface area (Å²) >= 11 is 0. The normalized spacial score (nSPS) is 11.8. The summed E-state index contributed by atoms with van der Waals surface area (Å²) in [5.74, 6) is -0.206. The van der Waals surface area contributed by atoms with Crippen molar-refractivity contribution >= 4 is 12.1 Å². The summed E-state index contributed by atoms with van der Waals surface area (Å²) < 4.78 is 9.71. The van der Waals surface area contributed by atoms with Crippen molar-refractivity contribution in [2.24, 2.45) is 5.92 Å². The van der Waals surface area contributed by atoms with Gasteiger partial charge in [0.1, 0.15) is 6.04 Å². The van der Waals surface area contributed by atoms with Crippen molar-refractivity contribution in [3.63, 3.8) is 0 Å². The predicted octanol–water partition coefficient (Wildman–Crippen LogP) is 2.15. The number of carbonyl (C=O) groups is 2. The zero-order chi connectivity index (χ0) is 15.0. The number of nitrogens with one attached hydrogen (secondary N) is 1. The van der Waals surface area contributed by atoms with E-state index in [9.17, 15) is 9.59 Å². The molecule has 110 valence electrons. The smallest absolute Gasteiger partial charge is 0.407 e. The van der Waals surface area contributed by atoms with Crippen LogP contribution in [0.15, 0.2) is 30.3 Å². The largest absolute Gasteiger partial charge is 0.464 e. The predicted molar refractivity (Wildman–Crippen MR) is 75.3 cm³/mol. The number of carbonyl (C=O) groups excluding carboxylic acids is 2. The molecule has 0 aliphatic carbocycles. The van der Waals surface area contributed by atoms with Gasteiger partial charge in [0.25, 0.3) is 0 Å². The van der Waals surface area contributed by atoms with Gasteiger partial charge < -0.3 is 14.8 Å². The molecule has 1 aromatic carbocycles. The molecule has 0 heterocycles. The van der Waals surface area contributed by atoms with Crippen LogP contribution in [-0.4, -0.2) is 31.8 Å². The first-order valence-corrected chi connectivity index (χ1v) is 6.58. The van der Waals surface area contributed by atoms with Gasteiger partial charge in [-0.25, -0.2) is 9.59 Å². The minimum atomic E-state index is -0.747. The fourth-order valence-corrected chi connectivity index (χ4v) is 1.59. The van der Waals surface area contributed by atoms with E-state index in [4.69, 9.17) is 4.74 Å². The summed E-state index contributed by atoms with van der Waals surface area (Å²) in [5, 5.41) is 2.50. The summed E-state index contributed by atoms with van der Waals surface area (Å²) in [6, 6.07) is 8.68. The maximum absolute atomic E-state index is 12.0. The topological polar surface area (TPSA) is 64.6 Å². The molecule has 5 heteroatoms. The van der Waals surface area contributed by atoms with Crippen molar-refractivity contribution in [2.45, 2.75) is 26.3 Å². The molecule has 1 atom stereocenters. The number of amides is 1. The molecule has 1 N–H and O–H groups in total. The van der Waals surface area contributed by atoms with E-state index in [2.05, 4.69) is 10.1 Å².